The summed E-state index contributed by atoms with van der Waals surface area (Å²) in [6.45, 7) is 8.39. The zero-order chi connectivity index (χ0) is 34.4. The van der Waals surface area contributed by atoms with E-state index < -0.39 is 23.8 Å². The summed E-state index contributed by atoms with van der Waals surface area (Å²) in [5, 5.41) is 17.7. The van der Waals surface area contributed by atoms with E-state index in [2.05, 4.69) is 20.4 Å². The van der Waals surface area contributed by atoms with E-state index in [-0.39, 0.29) is 41.3 Å². The summed E-state index contributed by atoms with van der Waals surface area (Å²) < 4.78 is 43.2. The van der Waals surface area contributed by atoms with Crippen molar-refractivity contribution in [2.75, 3.05) is 5.32 Å². The Morgan fingerprint density at radius 2 is 1.81 bits per heavy atom. The van der Waals surface area contributed by atoms with Crippen molar-refractivity contribution < 1.29 is 32.7 Å². The molecule has 2 aliphatic rings. The molecule has 3 atom stereocenters. The molecule has 248 valence electrons. The maximum absolute atomic E-state index is 14.0. The van der Waals surface area contributed by atoms with Crippen LogP contribution in [0.25, 0.3) is 27.7 Å². The molecule has 2 fully saturated rings. The molecule has 1 unspecified atom stereocenters. The normalized spacial score (nSPS) is 20.4. The molecule has 1 saturated carbocycles. The minimum Gasteiger partial charge on any atom is -0.503 e. The third-order valence-electron chi connectivity index (χ3n) is 9.65. The van der Waals surface area contributed by atoms with Crippen LogP contribution in [-0.2, 0) is 22.3 Å². The summed E-state index contributed by atoms with van der Waals surface area (Å²) >= 11 is 0. The van der Waals surface area contributed by atoms with Crippen molar-refractivity contribution in [3.05, 3.63) is 70.9 Å². The molecule has 5 aromatic rings. The van der Waals surface area contributed by atoms with Crippen molar-refractivity contribution in [2.45, 2.75) is 72.3 Å². The van der Waals surface area contributed by atoms with Crippen LogP contribution in [0.4, 0.5) is 19.0 Å². The first-order valence-electron chi connectivity index (χ1n) is 15.4. The van der Waals surface area contributed by atoms with Crippen LogP contribution in [0, 0.1) is 26.2 Å². The van der Waals surface area contributed by atoms with Gasteiger partial charge in [0, 0.05) is 41.1 Å². The number of nitrogens with one attached hydrogen (secondary N) is 1. The molecule has 14 heteroatoms. The zero-order valence-corrected chi connectivity index (χ0v) is 26.8. The summed E-state index contributed by atoms with van der Waals surface area (Å²) in [5.41, 5.74) is 3.09. The lowest BCUT2D eigenvalue weighted by atomic mass is 10.0. The van der Waals surface area contributed by atoms with Crippen LogP contribution in [-0.4, -0.2) is 63.8 Å². The van der Waals surface area contributed by atoms with E-state index in [9.17, 15) is 32.7 Å². The molecular formula is C34H32F3N7O4. The number of Topliss-reactive ketones (excluding diaryl/α,β-unsaturated/α-hetero) is 1. The highest BCUT2D eigenvalue weighted by molar-refractivity contribution is 6.09. The van der Waals surface area contributed by atoms with E-state index in [1.807, 2.05) is 26.0 Å². The third kappa shape index (κ3) is 5.06. The number of carbonyl (C=O) groups excluding carboxylic acids is 3. The largest absolute Gasteiger partial charge is 0.503 e. The van der Waals surface area contributed by atoms with Crippen molar-refractivity contribution in [3.8, 4) is 16.9 Å². The Balaban J connectivity index is 1.20. The molecule has 1 saturated heterocycles. The number of aromatic nitrogens is 5. The van der Waals surface area contributed by atoms with Gasteiger partial charge in [-0.1, -0.05) is 13.0 Å². The number of alkyl halides is 3. The molecule has 0 radical (unpaired) electrons. The van der Waals surface area contributed by atoms with Gasteiger partial charge in [-0.3, -0.25) is 14.4 Å². The molecule has 4 aromatic heterocycles. The van der Waals surface area contributed by atoms with E-state index in [1.54, 1.807) is 41.9 Å². The number of aryl methyl sites for hydroxylation is 3. The molecule has 1 aliphatic heterocycles. The fourth-order valence-corrected chi connectivity index (χ4v) is 7.01. The van der Waals surface area contributed by atoms with Crippen LogP contribution in [0.15, 0.2) is 42.9 Å². The number of fused-ring (bicyclic) bond motifs is 3. The van der Waals surface area contributed by atoms with Crippen molar-refractivity contribution in [1.29, 1.82) is 0 Å². The monoisotopic (exact) mass is 659 g/mol. The van der Waals surface area contributed by atoms with Crippen LogP contribution < -0.4 is 5.32 Å². The minimum atomic E-state index is -4.68. The molecule has 5 heterocycles. The molecule has 48 heavy (non-hydrogen) atoms. The highest BCUT2D eigenvalue weighted by atomic mass is 19.4. The van der Waals surface area contributed by atoms with Crippen LogP contribution >= 0.6 is 0 Å². The number of nitrogens with zero attached hydrogens (tertiary/aromatic N) is 6. The third-order valence-corrected chi connectivity index (χ3v) is 9.65. The molecule has 0 spiro atoms. The van der Waals surface area contributed by atoms with Crippen molar-refractivity contribution in [1.82, 2.24) is 29.0 Å². The second kappa shape index (κ2) is 10.6. The van der Waals surface area contributed by atoms with Crippen molar-refractivity contribution in [2.24, 2.45) is 5.41 Å². The van der Waals surface area contributed by atoms with Gasteiger partial charge in [-0.2, -0.15) is 18.3 Å². The molecular weight excluding hydrogens is 627 g/mol. The van der Waals surface area contributed by atoms with Crippen LogP contribution in [0.1, 0.15) is 59.6 Å². The summed E-state index contributed by atoms with van der Waals surface area (Å²) in [7, 11) is 0. The summed E-state index contributed by atoms with van der Waals surface area (Å²) in [6.07, 6.45) is 1.40. The number of hydrogen-bond donors (Lipinski definition) is 2. The van der Waals surface area contributed by atoms with Gasteiger partial charge in [-0.15, -0.1) is 0 Å². The number of hydrogen-bond acceptors (Lipinski definition) is 7. The van der Waals surface area contributed by atoms with Gasteiger partial charge in [-0.25, -0.2) is 14.5 Å². The lowest BCUT2D eigenvalue weighted by Gasteiger charge is -2.27. The predicted octanol–water partition coefficient (Wildman–Crippen LogP) is 5.62. The smallest absolute Gasteiger partial charge is 0.433 e. The van der Waals surface area contributed by atoms with Gasteiger partial charge < -0.3 is 19.9 Å². The summed E-state index contributed by atoms with van der Waals surface area (Å²) in [5.74, 6) is -1.33. The Morgan fingerprint density at radius 3 is 2.52 bits per heavy atom. The standard InChI is InChI=1S/C34H32F3N7O4/c1-16-6-7-25(34(35,36)37)39-30(16)40-32(48)24-10-33(5)11-26(33)44(24)27(46)15-42-14-23(19(4)45)22-9-20(8-17(2)28(22)42)21-12-38-31-29(47)18(3)41-43(31)13-21/h6-9,12-14,24,26,47H,10-11,15H2,1-5H3,(H,39,40,48)/t24-,26?,33-/m0/s1. The maximum Gasteiger partial charge on any atom is 0.433 e. The van der Waals surface area contributed by atoms with Crippen LogP contribution in [0.5, 0.6) is 5.75 Å². The zero-order valence-electron chi connectivity index (χ0n) is 26.8. The lowest BCUT2D eigenvalue weighted by Crippen LogP contribution is -2.46. The Bertz CT molecular complexity index is 2200. The van der Waals surface area contributed by atoms with Crippen LogP contribution in [0.2, 0.25) is 0 Å². The maximum atomic E-state index is 14.0. The average molecular weight is 660 g/mol. The SMILES string of the molecule is CC(=O)c1cn(CC(=O)N2C3C[C@]3(C)C[C@H]2C(=O)Nc2nc(C(F)(F)F)ccc2C)c2c(C)cc(-c3cnc4c(O)c(C)nn4c3)cc12. The van der Waals surface area contributed by atoms with Crippen LogP contribution in [0.3, 0.4) is 0 Å². The first kappa shape index (κ1) is 31.3. The number of piperidine rings is 1. The summed E-state index contributed by atoms with van der Waals surface area (Å²) in [6, 6.07) is 4.79. The van der Waals surface area contributed by atoms with Crippen molar-refractivity contribution >= 4 is 40.0 Å². The molecule has 2 amide bonds. The van der Waals surface area contributed by atoms with Crippen molar-refractivity contribution in [3.63, 3.8) is 0 Å². The van der Waals surface area contributed by atoms with Gasteiger partial charge in [0.25, 0.3) is 0 Å². The highest BCUT2D eigenvalue weighted by Crippen LogP contribution is 2.59. The Labute approximate surface area is 272 Å². The molecule has 1 aromatic carbocycles. The second-order valence-electron chi connectivity index (χ2n) is 13.2. The van der Waals surface area contributed by atoms with Gasteiger partial charge in [0.15, 0.2) is 17.2 Å². The van der Waals surface area contributed by atoms with E-state index >= 15 is 0 Å². The fourth-order valence-electron chi connectivity index (χ4n) is 7.01. The number of benzene rings is 1. The second-order valence-corrected chi connectivity index (χ2v) is 13.2. The number of pyridine rings is 1. The number of amides is 2. The van der Waals surface area contributed by atoms with E-state index in [4.69, 9.17) is 0 Å². The van der Waals surface area contributed by atoms with Gasteiger partial charge in [0.2, 0.25) is 11.8 Å². The molecule has 7 rings (SSSR count). The highest BCUT2D eigenvalue weighted by Gasteiger charge is 2.64. The van der Waals surface area contributed by atoms with Gasteiger partial charge in [-0.05, 0) is 80.8 Å². The number of carbonyl (C=O) groups is 3. The van der Waals surface area contributed by atoms with Gasteiger partial charge >= 0.3 is 6.18 Å². The van der Waals surface area contributed by atoms with E-state index in [0.29, 0.717) is 51.8 Å². The Kier molecular flexibility index (Phi) is 6.93. The number of rotatable bonds is 6. The average Bonchev–Trinajstić information content (AvgIpc) is 3.25. The molecule has 0 bridgehead atoms. The quantitative estimate of drug-likeness (QED) is 0.226. The topological polar surface area (TPSA) is 135 Å². The molecule has 1 aliphatic carbocycles. The Hall–Kier alpha value is -5.27. The first-order chi connectivity index (χ1) is 22.6. The summed E-state index contributed by atoms with van der Waals surface area (Å²) in [4.78, 5) is 49.9. The van der Waals surface area contributed by atoms with Gasteiger partial charge in [0.1, 0.15) is 29.8 Å². The van der Waals surface area contributed by atoms with E-state index in [0.717, 1.165) is 17.2 Å². The number of likely N-dealkylation sites (tertiary alicyclic amines) is 1. The Morgan fingerprint density at radius 1 is 1.06 bits per heavy atom. The number of aromatic hydroxyl groups is 1. The lowest BCUT2D eigenvalue weighted by molar-refractivity contribution is -0.141. The molecule has 2 N–H and O–H groups in total. The van der Waals surface area contributed by atoms with Gasteiger partial charge in [0.05, 0.1) is 5.52 Å². The number of ketones is 1. The predicted molar refractivity (Wildman–Crippen MR) is 169 cm³/mol. The minimum absolute atomic E-state index is 0.000430. The number of anilines is 1. The number of halogens is 3. The first-order valence-corrected chi connectivity index (χ1v) is 15.4. The van der Waals surface area contributed by atoms with E-state index in [1.165, 1.54) is 17.5 Å². The fraction of sp³-hybridized carbons (Fsp3) is 0.353. The molecule has 11 nitrogen and oxygen atoms in total.